The molecule has 0 amide bonds. The number of nitrogens with zero attached hydrogens (tertiary/aromatic N) is 1. The Bertz CT molecular complexity index is 236. The topological polar surface area (TPSA) is 29.5 Å². The maximum absolute atomic E-state index is 12.0. The highest BCUT2D eigenvalue weighted by Crippen LogP contribution is 2.26. The quantitative estimate of drug-likeness (QED) is 0.713. The number of methoxy groups -OCH3 is 1. The second kappa shape index (κ2) is 5.78. The van der Waals surface area contributed by atoms with Crippen molar-refractivity contribution in [3.8, 4) is 0 Å². The molecule has 1 atom stereocenters. The van der Waals surface area contributed by atoms with E-state index >= 15 is 0 Å². The molecule has 0 N–H and O–H groups in total. The number of carbonyl (C=O) groups is 1. The average molecular weight is 225 g/mol. The van der Waals surface area contributed by atoms with Gasteiger partial charge in [-0.25, -0.2) is 0 Å². The number of hydrogen-bond donors (Lipinski definition) is 0. The number of Topliss-reactive ketones (excluding diaryl/α,β-unsaturated/α-hetero) is 1. The molecule has 92 valence electrons. The predicted molar refractivity (Wildman–Crippen MR) is 63.4 cm³/mol. The number of rotatable bonds is 5. The highest BCUT2D eigenvalue weighted by molar-refractivity contribution is 5.83. The summed E-state index contributed by atoms with van der Waals surface area (Å²) in [6.45, 7) is 3.65. The van der Waals surface area contributed by atoms with Crippen molar-refractivity contribution < 1.29 is 9.53 Å². The second-order valence-corrected chi connectivity index (χ2v) is 5.29. The molecule has 0 aromatic heterocycles. The maximum Gasteiger partial charge on any atom is 0.149 e. The third-order valence-electron chi connectivity index (χ3n) is 3.96. The first-order chi connectivity index (χ1) is 7.79. The van der Waals surface area contributed by atoms with Crippen molar-refractivity contribution in [1.29, 1.82) is 0 Å². The Balaban J connectivity index is 1.71. The molecule has 0 radical (unpaired) electrons. The smallest absolute Gasteiger partial charge is 0.149 e. The molecule has 3 heteroatoms. The standard InChI is InChI=1S/C13H23NO2/c1-16-10-11-6-7-14(8-11)9-13(15)12-4-2-3-5-12/h11-12H,2-10H2,1H3. The van der Waals surface area contributed by atoms with Crippen LogP contribution in [0.4, 0.5) is 0 Å². The molecule has 0 aromatic carbocycles. The van der Waals surface area contributed by atoms with Gasteiger partial charge < -0.3 is 4.74 Å². The fourth-order valence-corrected chi connectivity index (χ4v) is 3.03. The molecule has 3 nitrogen and oxygen atoms in total. The fraction of sp³-hybridized carbons (Fsp3) is 0.923. The van der Waals surface area contributed by atoms with Crippen molar-refractivity contribution >= 4 is 5.78 Å². The van der Waals surface area contributed by atoms with Gasteiger partial charge in [-0.1, -0.05) is 12.8 Å². The molecule has 0 spiro atoms. The van der Waals surface area contributed by atoms with E-state index in [9.17, 15) is 4.79 Å². The summed E-state index contributed by atoms with van der Waals surface area (Å²) < 4.78 is 5.17. The first-order valence-corrected chi connectivity index (χ1v) is 6.53. The Hall–Kier alpha value is -0.410. The van der Waals surface area contributed by atoms with E-state index in [0.717, 1.165) is 32.5 Å². The van der Waals surface area contributed by atoms with Crippen molar-refractivity contribution in [1.82, 2.24) is 4.90 Å². The number of carbonyl (C=O) groups excluding carboxylic acids is 1. The van der Waals surface area contributed by atoms with E-state index < -0.39 is 0 Å². The Morgan fingerprint density at radius 1 is 1.31 bits per heavy atom. The van der Waals surface area contributed by atoms with E-state index in [2.05, 4.69) is 4.90 Å². The lowest BCUT2D eigenvalue weighted by Crippen LogP contribution is -2.31. The number of hydrogen-bond acceptors (Lipinski definition) is 3. The minimum Gasteiger partial charge on any atom is -0.384 e. The summed E-state index contributed by atoms with van der Waals surface area (Å²) in [5, 5.41) is 0. The molecule has 0 bridgehead atoms. The molecule has 1 heterocycles. The van der Waals surface area contributed by atoms with Crippen LogP contribution in [0.3, 0.4) is 0 Å². The fourth-order valence-electron chi connectivity index (χ4n) is 3.03. The zero-order valence-corrected chi connectivity index (χ0v) is 10.3. The Kier molecular flexibility index (Phi) is 4.36. The number of likely N-dealkylation sites (tertiary alicyclic amines) is 1. The largest absolute Gasteiger partial charge is 0.384 e. The Labute approximate surface area is 98.1 Å². The number of ether oxygens (including phenoxy) is 1. The number of ketones is 1. The van der Waals surface area contributed by atoms with Gasteiger partial charge in [-0.2, -0.15) is 0 Å². The first kappa shape index (κ1) is 12.1. The lowest BCUT2D eigenvalue weighted by Gasteiger charge is -2.17. The van der Waals surface area contributed by atoms with Crippen molar-refractivity contribution in [2.24, 2.45) is 11.8 Å². The van der Waals surface area contributed by atoms with Crippen molar-refractivity contribution in [3.63, 3.8) is 0 Å². The summed E-state index contributed by atoms with van der Waals surface area (Å²) in [6.07, 6.45) is 5.96. The molecular weight excluding hydrogens is 202 g/mol. The molecule has 16 heavy (non-hydrogen) atoms. The lowest BCUT2D eigenvalue weighted by molar-refractivity contribution is -0.123. The molecular formula is C13H23NO2. The van der Waals surface area contributed by atoms with Crippen LogP contribution in [-0.2, 0) is 9.53 Å². The summed E-state index contributed by atoms with van der Waals surface area (Å²) in [7, 11) is 1.76. The lowest BCUT2D eigenvalue weighted by atomic mass is 10.0. The van der Waals surface area contributed by atoms with Gasteiger partial charge in [0.15, 0.2) is 0 Å². The zero-order valence-electron chi connectivity index (χ0n) is 10.3. The van der Waals surface area contributed by atoms with Crippen molar-refractivity contribution in [3.05, 3.63) is 0 Å². The molecule has 1 saturated heterocycles. The van der Waals surface area contributed by atoms with Crippen LogP contribution in [0, 0.1) is 11.8 Å². The summed E-state index contributed by atoms with van der Waals surface area (Å²) in [5.41, 5.74) is 0. The van der Waals surface area contributed by atoms with Gasteiger partial charge in [0.2, 0.25) is 0 Å². The maximum atomic E-state index is 12.0. The zero-order chi connectivity index (χ0) is 11.4. The van der Waals surface area contributed by atoms with Crippen molar-refractivity contribution in [2.45, 2.75) is 32.1 Å². The molecule has 2 aliphatic rings. The molecule has 1 aliphatic carbocycles. The molecule has 0 aromatic rings. The summed E-state index contributed by atoms with van der Waals surface area (Å²) in [4.78, 5) is 14.3. The van der Waals surface area contributed by atoms with E-state index in [-0.39, 0.29) is 0 Å². The van der Waals surface area contributed by atoms with E-state index in [1.807, 2.05) is 0 Å². The van der Waals surface area contributed by atoms with Gasteiger partial charge in [0.1, 0.15) is 5.78 Å². The predicted octanol–water partition coefficient (Wildman–Crippen LogP) is 1.71. The van der Waals surface area contributed by atoms with Crippen LogP contribution in [0.1, 0.15) is 32.1 Å². The average Bonchev–Trinajstić information content (AvgIpc) is 2.89. The van der Waals surface area contributed by atoms with Crippen LogP contribution in [-0.4, -0.2) is 44.0 Å². The van der Waals surface area contributed by atoms with E-state index in [4.69, 9.17) is 4.74 Å². The summed E-state index contributed by atoms with van der Waals surface area (Å²) in [5.74, 6) is 1.50. The van der Waals surface area contributed by atoms with Crippen LogP contribution in [0.5, 0.6) is 0 Å². The Morgan fingerprint density at radius 2 is 2.06 bits per heavy atom. The van der Waals surface area contributed by atoms with Gasteiger partial charge in [-0.05, 0) is 31.7 Å². The summed E-state index contributed by atoms with van der Waals surface area (Å²) in [6, 6.07) is 0. The molecule has 2 fully saturated rings. The Morgan fingerprint density at radius 3 is 2.75 bits per heavy atom. The summed E-state index contributed by atoms with van der Waals surface area (Å²) >= 11 is 0. The first-order valence-electron chi connectivity index (χ1n) is 6.53. The molecule has 1 unspecified atom stereocenters. The molecule has 1 aliphatic heterocycles. The van der Waals surface area contributed by atoms with Crippen LogP contribution < -0.4 is 0 Å². The minimum absolute atomic E-state index is 0.376. The van der Waals surface area contributed by atoms with Gasteiger partial charge in [-0.15, -0.1) is 0 Å². The van der Waals surface area contributed by atoms with E-state index in [1.165, 1.54) is 19.3 Å². The van der Waals surface area contributed by atoms with Crippen molar-refractivity contribution in [2.75, 3.05) is 33.4 Å². The van der Waals surface area contributed by atoms with Gasteiger partial charge >= 0.3 is 0 Å². The minimum atomic E-state index is 0.376. The van der Waals surface area contributed by atoms with Gasteiger partial charge in [0, 0.05) is 19.6 Å². The van der Waals surface area contributed by atoms with Gasteiger partial charge in [0.25, 0.3) is 0 Å². The van der Waals surface area contributed by atoms with Crippen LogP contribution in [0.25, 0.3) is 0 Å². The molecule has 1 saturated carbocycles. The van der Waals surface area contributed by atoms with Crippen LogP contribution in [0.2, 0.25) is 0 Å². The van der Waals surface area contributed by atoms with Gasteiger partial charge in [0.05, 0.1) is 13.2 Å². The molecule has 2 rings (SSSR count). The van der Waals surface area contributed by atoms with Crippen LogP contribution in [0.15, 0.2) is 0 Å². The highest BCUT2D eigenvalue weighted by atomic mass is 16.5. The normalized spacial score (nSPS) is 27.7. The van der Waals surface area contributed by atoms with E-state index in [1.54, 1.807) is 7.11 Å². The monoisotopic (exact) mass is 225 g/mol. The SMILES string of the molecule is COCC1CCN(CC(=O)C2CCCC2)C1. The second-order valence-electron chi connectivity index (χ2n) is 5.29. The van der Waals surface area contributed by atoms with E-state index in [0.29, 0.717) is 24.2 Å². The third-order valence-corrected chi connectivity index (χ3v) is 3.96. The van der Waals surface area contributed by atoms with Crippen LogP contribution >= 0.6 is 0 Å². The van der Waals surface area contributed by atoms with Gasteiger partial charge in [-0.3, -0.25) is 9.69 Å². The third kappa shape index (κ3) is 3.05. The highest BCUT2D eigenvalue weighted by Gasteiger charge is 2.28.